The van der Waals surface area contributed by atoms with Gasteiger partial charge in [0.25, 0.3) is 5.91 Å². The van der Waals surface area contributed by atoms with Gasteiger partial charge in [0.05, 0.1) is 18.5 Å². The highest BCUT2D eigenvalue weighted by atomic mass is 19.1. The van der Waals surface area contributed by atoms with Gasteiger partial charge >= 0.3 is 0 Å². The number of rotatable bonds is 10. The van der Waals surface area contributed by atoms with E-state index in [4.69, 9.17) is 10.5 Å². The largest absolute Gasteiger partial charge is 0.496 e. The fourth-order valence-electron chi connectivity index (χ4n) is 2.42. The van der Waals surface area contributed by atoms with E-state index in [0.29, 0.717) is 30.8 Å². The van der Waals surface area contributed by atoms with Crippen LogP contribution in [0.4, 0.5) is 4.39 Å². The normalized spacial score (nSPS) is 13.6. The molecule has 0 saturated carbocycles. The number of amides is 1. The Hall–Kier alpha value is -3.15. The van der Waals surface area contributed by atoms with Gasteiger partial charge in [-0.2, -0.15) is 0 Å². The number of allylic oxidation sites excluding steroid dienone is 6. The fraction of sp³-hybridized carbons (Fsp3) is 0.273. The SMILES string of the molecule is C=C/C(C(=O)NCc1cccnc1)=C(\C=C(\N)CCC(=C/C)/C=C(\C)F)OC. The van der Waals surface area contributed by atoms with Crippen molar-refractivity contribution in [2.45, 2.75) is 33.2 Å². The van der Waals surface area contributed by atoms with Gasteiger partial charge in [0.1, 0.15) is 5.76 Å². The van der Waals surface area contributed by atoms with Crippen LogP contribution < -0.4 is 11.1 Å². The van der Waals surface area contributed by atoms with E-state index < -0.39 is 0 Å². The molecule has 1 heterocycles. The van der Waals surface area contributed by atoms with Crippen LogP contribution in [0.3, 0.4) is 0 Å². The standard InChI is InChI=1S/C22H28FN3O2/c1-5-17(12-16(3)23)9-10-19(24)13-21(28-4)20(6-2)22(27)26-15-18-8-7-11-25-14-18/h5-8,11-14H,2,9-10,15,24H2,1,3-4H3,(H,26,27)/b16-12+,17-5-,19-13+,21-20-. The molecule has 6 heteroatoms. The van der Waals surface area contributed by atoms with Crippen molar-refractivity contribution < 1.29 is 13.9 Å². The minimum absolute atomic E-state index is 0.257. The Morgan fingerprint density at radius 1 is 1.39 bits per heavy atom. The molecule has 1 rings (SSSR count). The Balaban J connectivity index is 2.87. The molecular weight excluding hydrogens is 357 g/mol. The Morgan fingerprint density at radius 3 is 2.68 bits per heavy atom. The average Bonchev–Trinajstić information content (AvgIpc) is 2.69. The molecule has 0 aliphatic rings. The van der Waals surface area contributed by atoms with Crippen molar-refractivity contribution in [3.8, 4) is 0 Å². The molecule has 0 unspecified atom stereocenters. The number of hydrogen-bond acceptors (Lipinski definition) is 4. The predicted octanol–water partition coefficient (Wildman–Crippen LogP) is 4.23. The second kappa shape index (κ2) is 12.3. The molecule has 0 bridgehead atoms. The van der Waals surface area contributed by atoms with E-state index >= 15 is 0 Å². The van der Waals surface area contributed by atoms with E-state index in [0.717, 1.165) is 11.1 Å². The first-order valence-electron chi connectivity index (χ1n) is 8.94. The van der Waals surface area contributed by atoms with Crippen LogP contribution in [0.15, 0.2) is 83.8 Å². The van der Waals surface area contributed by atoms with Gasteiger partial charge < -0.3 is 15.8 Å². The lowest BCUT2D eigenvalue weighted by atomic mass is 10.1. The number of hydrogen-bond donors (Lipinski definition) is 2. The molecule has 5 nitrogen and oxygen atoms in total. The highest BCUT2D eigenvalue weighted by Gasteiger charge is 2.12. The molecule has 0 fully saturated rings. The van der Waals surface area contributed by atoms with E-state index in [-0.39, 0.29) is 17.3 Å². The van der Waals surface area contributed by atoms with E-state index in [1.165, 1.54) is 26.2 Å². The number of methoxy groups -OCH3 is 1. The molecule has 1 aromatic heterocycles. The molecule has 0 radical (unpaired) electrons. The van der Waals surface area contributed by atoms with Crippen LogP contribution >= 0.6 is 0 Å². The highest BCUT2D eigenvalue weighted by molar-refractivity contribution is 5.96. The number of aromatic nitrogens is 1. The van der Waals surface area contributed by atoms with E-state index in [9.17, 15) is 9.18 Å². The van der Waals surface area contributed by atoms with Gasteiger partial charge in [-0.3, -0.25) is 9.78 Å². The number of nitrogens with zero attached hydrogens (tertiary/aromatic N) is 1. The zero-order valence-corrected chi connectivity index (χ0v) is 16.7. The summed E-state index contributed by atoms with van der Waals surface area (Å²) in [6, 6.07) is 3.67. The quantitative estimate of drug-likeness (QED) is 0.359. The molecule has 0 atom stereocenters. The first-order valence-corrected chi connectivity index (χ1v) is 8.94. The molecule has 150 valence electrons. The Bertz CT molecular complexity index is 789. The molecule has 3 N–H and O–H groups in total. The number of pyridine rings is 1. The number of carbonyl (C=O) groups excluding carboxylic acids is 1. The van der Waals surface area contributed by atoms with Gasteiger partial charge in [-0.05, 0) is 56.0 Å². The second-order valence-corrected chi connectivity index (χ2v) is 6.04. The summed E-state index contributed by atoms with van der Waals surface area (Å²) in [6.45, 7) is 7.27. The third kappa shape index (κ3) is 8.03. The first-order chi connectivity index (χ1) is 13.4. The van der Waals surface area contributed by atoms with Crippen LogP contribution in [0.2, 0.25) is 0 Å². The van der Waals surface area contributed by atoms with Crippen LogP contribution in [-0.2, 0) is 16.1 Å². The van der Waals surface area contributed by atoms with Crippen LogP contribution in [0.25, 0.3) is 0 Å². The summed E-state index contributed by atoms with van der Waals surface area (Å²) in [7, 11) is 1.46. The topological polar surface area (TPSA) is 77.2 Å². The summed E-state index contributed by atoms with van der Waals surface area (Å²) >= 11 is 0. The lowest BCUT2D eigenvalue weighted by Crippen LogP contribution is -2.25. The summed E-state index contributed by atoms with van der Waals surface area (Å²) in [5, 5.41) is 2.80. The number of halogens is 1. The number of nitrogens with one attached hydrogen (secondary N) is 1. The predicted molar refractivity (Wildman–Crippen MR) is 110 cm³/mol. The lowest BCUT2D eigenvalue weighted by molar-refractivity contribution is -0.117. The Morgan fingerprint density at radius 2 is 2.14 bits per heavy atom. The molecule has 1 aromatic rings. The van der Waals surface area contributed by atoms with Gasteiger partial charge in [0, 0.05) is 24.6 Å². The van der Waals surface area contributed by atoms with E-state index in [1.807, 2.05) is 19.1 Å². The van der Waals surface area contributed by atoms with E-state index in [2.05, 4.69) is 16.9 Å². The number of carbonyl (C=O) groups is 1. The summed E-state index contributed by atoms with van der Waals surface area (Å²) in [5.74, 6) is -0.271. The van der Waals surface area contributed by atoms with Crippen molar-refractivity contribution in [2.75, 3.05) is 7.11 Å². The third-order valence-corrected chi connectivity index (χ3v) is 3.88. The fourth-order valence-corrected chi connectivity index (χ4v) is 2.42. The maximum atomic E-state index is 13.1. The first kappa shape index (κ1) is 22.9. The Labute approximate surface area is 166 Å². The Kier molecular flexibility index (Phi) is 10.0. The highest BCUT2D eigenvalue weighted by Crippen LogP contribution is 2.16. The molecule has 0 aliphatic heterocycles. The minimum atomic E-state index is -0.329. The maximum absolute atomic E-state index is 13.1. The van der Waals surface area contributed by atoms with Crippen molar-refractivity contribution in [2.24, 2.45) is 5.73 Å². The number of nitrogens with two attached hydrogens (primary N) is 1. The van der Waals surface area contributed by atoms with Crippen LogP contribution in [-0.4, -0.2) is 18.0 Å². The second-order valence-electron chi connectivity index (χ2n) is 6.04. The summed E-state index contributed by atoms with van der Waals surface area (Å²) in [5.41, 5.74) is 8.59. The van der Waals surface area contributed by atoms with Gasteiger partial charge in [-0.15, -0.1) is 0 Å². The average molecular weight is 385 g/mol. The van der Waals surface area contributed by atoms with Gasteiger partial charge in [0.15, 0.2) is 0 Å². The molecule has 0 aliphatic carbocycles. The van der Waals surface area contributed by atoms with Crippen LogP contribution in [0.5, 0.6) is 0 Å². The van der Waals surface area contributed by atoms with Crippen molar-refractivity contribution >= 4 is 5.91 Å². The molecule has 0 saturated heterocycles. The molecule has 1 amide bonds. The van der Waals surface area contributed by atoms with Crippen molar-refractivity contribution in [3.63, 3.8) is 0 Å². The summed E-state index contributed by atoms with van der Waals surface area (Å²) in [4.78, 5) is 16.5. The number of ether oxygens (including phenoxy) is 1. The van der Waals surface area contributed by atoms with Gasteiger partial charge in [-0.1, -0.05) is 24.8 Å². The lowest BCUT2D eigenvalue weighted by Gasteiger charge is -2.11. The van der Waals surface area contributed by atoms with Crippen molar-refractivity contribution in [3.05, 3.63) is 89.4 Å². The smallest absolute Gasteiger partial charge is 0.255 e. The molecule has 0 aromatic carbocycles. The zero-order valence-electron chi connectivity index (χ0n) is 16.7. The van der Waals surface area contributed by atoms with Crippen molar-refractivity contribution in [1.82, 2.24) is 10.3 Å². The minimum Gasteiger partial charge on any atom is -0.496 e. The monoisotopic (exact) mass is 385 g/mol. The van der Waals surface area contributed by atoms with E-state index in [1.54, 1.807) is 24.5 Å². The summed E-state index contributed by atoms with van der Waals surface area (Å²) in [6.07, 6.45) is 10.8. The maximum Gasteiger partial charge on any atom is 0.255 e. The van der Waals surface area contributed by atoms with Gasteiger partial charge in [-0.25, -0.2) is 4.39 Å². The zero-order chi connectivity index (χ0) is 20.9. The van der Waals surface area contributed by atoms with Crippen LogP contribution in [0, 0.1) is 0 Å². The molecular formula is C22H28FN3O2. The van der Waals surface area contributed by atoms with Crippen LogP contribution in [0.1, 0.15) is 32.3 Å². The van der Waals surface area contributed by atoms with Crippen molar-refractivity contribution in [1.29, 1.82) is 0 Å². The van der Waals surface area contributed by atoms with Gasteiger partial charge in [0.2, 0.25) is 0 Å². The summed E-state index contributed by atoms with van der Waals surface area (Å²) < 4.78 is 18.4. The molecule has 28 heavy (non-hydrogen) atoms. The third-order valence-electron chi connectivity index (χ3n) is 3.88. The molecule has 0 spiro atoms.